The average molecular weight is 438 g/mol. The number of nitrogens with zero attached hydrogens (tertiary/aromatic N) is 8. The lowest BCUT2D eigenvalue weighted by Gasteiger charge is -2.40. The highest BCUT2D eigenvalue weighted by Gasteiger charge is 2.50. The minimum Gasteiger partial charge on any atom is -0.456 e. The van der Waals surface area contributed by atoms with Crippen LogP contribution in [0.2, 0.25) is 0 Å². The summed E-state index contributed by atoms with van der Waals surface area (Å²) in [7, 11) is 0. The van der Waals surface area contributed by atoms with Gasteiger partial charge in [-0.25, -0.2) is 4.79 Å². The fourth-order valence-corrected chi connectivity index (χ4v) is 4.97. The highest BCUT2D eigenvalue weighted by molar-refractivity contribution is 5.94. The SMILES string of the molecule is CC1=C(N2CCC3(CCN(C(C)Cc4ccc(-n5cnnn5)nn4)CC3)C2=O)COC1=O. The van der Waals surface area contributed by atoms with E-state index in [0.717, 1.165) is 50.2 Å². The first-order valence-corrected chi connectivity index (χ1v) is 11.0. The van der Waals surface area contributed by atoms with Gasteiger partial charge in [0.2, 0.25) is 5.91 Å². The summed E-state index contributed by atoms with van der Waals surface area (Å²) >= 11 is 0. The van der Waals surface area contributed by atoms with Crippen LogP contribution in [0.15, 0.2) is 29.7 Å². The fourth-order valence-electron chi connectivity index (χ4n) is 4.97. The molecule has 1 amide bonds. The van der Waals surface area contributed by atoms with E-state index in [0.29, 0.717) is 24.0 Å². The highest BCUT2D eigenvalue weighted by atomic mass is 16.5. The summed E-state index contributed by atoms with van der Waals surface area (Å²) in [4.78, 5) is 29.2. The summed E-state index contributed by atoms with van der Waals surface area (Å²) < 4.78 is 6.58. The van der Waals surface area contributed by atoms with E-state index in [-0.39, 0.29) is 23.9 Å². The zero-order valence-electron chi connectivity index (χ0n) is 18.3. The van der Waals surface area contributed by atoms with Crippen molar-refractivity contribution in [3.05, 3.63) is 35.4 Å². The van der Waals surface area contributed by atoms with Crippen molar-refractivity contribution in [2.45, 2.75) is 45.6 Å². The molecule has 11 nitrogen and oxygen atoms in total. The molecule has 0 saturated carbocycles. The third kappa shape index (κ3) is 3.56. The van der Waals surface area contributed by atoms with Crippen LogP contribution >= 0.6 is 0 Å². The third-order valence-electron chi connectivity index (χ3n) is 7.09. The Bertz CT molecular complexity index is 1040. The highest BCUT2D eigenvalue weighted by Crippen LogP contribution is 2.44. The number of hydrogen-bond donors (Lipinski definition) is 0. The molecular formula is C21H26N8O3. The van der Waals surface area contributed by atoms with E-state index in [9.17, 15) is 9.59 Å². The molecule has 168 valence electrons. The Morgan fingerprint density at radius 1 is 1.12 bits per heavy atom. The van der Waals surface area contributed by atoms with Crippen molar-refractivity contribution in [2.75, 3.05) is 26.2 Å². The van der Waals surface area contributed by atoms with Gasteiger partial charge in [-0.1, -0.05) is 0 Å². The van der Waals surface area contributed by atoms with E-state index < -0.39 is 0 Å². The second kappa shape index (κ2) is 8.05. The number of amides is 1. The Balaban J connectivity index is 1.18. The molecule has 0 aliphatic carbocycles. The number of tetrazole rings is 1. The molecule has 1 atom stereocenters. The van der Waals surface area contributed by atoms with Gasteiger partial charge in [0.1, 0.15) is 12.9 Å². The van der Waals surface area contributed by atoms with E-state index in [1.54, 1.807) is 11.8 Å². The summed E-state index contributed by atoms with van der Waals surface area (Å²) in [5, 5.41) is 19.6. The predicted octanol–water partition coefficient (Wildman–Crippen LogP) is 0.529. The summed E-state index contributed by atoms with van der Waals surface area (Å²) in [6.07, 6.45) is 4.76. The Morgan fingerprint density at radius 3 is 2.53 bits per heavy atom. The Hall–Kier alpha value is -3.21. The molecule has 3 aliphatic heterocycles. The van der Waals surface area contributed by atoms with Crippen molar-refractivity contribution in [3.8, 4) is 5.82 Å². The van der Waals surface area contributed by atoms with Crippen molar-refractivity contribution in [1.29, 1.82) is 0 Å². The molecule has 0 bridgehead atoms. The lowest BCUT2D eigenvalue weighted by atomic mass is 9.76. The van der Waals surface area contributed by atoms with Crippen LogP contribution < -0.4 is 0 Å². The van der Waals surface area contributed by atoms with E-state index >= 15 is 0 Å². The topological polar surface area (TPSA) is 119 Å². The van der Waals surface area contributed by atoms with Crippen molar-refractivity contribution in [3.63, 3.8) is 0 Å². The first kappa shape index (κ1) is 20.7. The molecule has 2 fully saturated rings. The van der Waals surface area contributed by atoms with Crippen LogP contribution in [0.4, 0.5) is 0 Å². The first-order chi connectivity index (χ1) is 15.5. The number of cyclic esters (lactones) is 1. The smallest absolute Gasteiger partial charge is 0.336 e. The van der Waals surface area contributed by atoms with Gasteiger partial charge in [0, 0.05) is 19.0 Å². The maximum absolute atomic E-state index is 13.3. The Morgan fingerprint density at radius 2 is 1.91 bits per heavy atom. The number of hydrogen-bond acceptors (Lipinski definition) is 9. The van der Waals surface area contributed by atoms with Crippen molar-refractivity contribution in [2.24, 2.45) is 5.41 Å². The molecule has 0 aromatic carbocycles. The average Bonchev–Trinajstić information content (AvgIpc) is 3.52. The second-order valence-electron chi connectivity index (χ2n) is 8.86. The lowest BCUT2D eigenvalue weighted by molar-refractivity contribution is -0.138. The van der Waals surface area contributed by atoms with E-state index in [1.807, 2.05) is 12.1 Å². The van der Waals surface area contributed by atoms with E-state index in [4.69, 9.17) is 4.74 Å². The molecule has 1 spiro atoms. The third-order valence-corrected chi connectivity index (χ3v) is 7.09. The molecule has 0 radical (unpaired) electrons. The number of rotatable bonds is 5. The van der Waals surface area contributed by atoms with Crippen LogP contribution in [-0.4, -0.2) is 84.4 Å². The molecule has 32 heavy (non-hydrogen) atoms. The summed E-state index contributed by atoms with van der Waals surface area (Å²) in [6.45, 7) is 6.54. The zero-order valence-corrected chi connectivity index (χ0v) is 18.3. The van der Waals surface area contributed by atoms with Gasteiger partial charge in [-0.3, -0.25) is 4.79 Å². The number of esters is 1. The molecule has 11 heteroatoms. The maximum atomic E-state index is 13.3. The van der Waals surface area contributed by atoms with Gasteiger partial charge in [-0.15, -0.1) is 10.2 Å². The number of carbonyl (C=O) groups is 2. The Labute approximate surface area is 185 Å². The lowest BCUT2D eigenvalue weighted by Crippen LogP contribution is -2.48. The van der Waals surface area contributed by atoms with Crippen LogP contribution in [0.25, 0.3) is 5.82 Å². The molecule has 2 saturated heterocycles. The van der Waals surface area contributed by atoms with Gasteiger partial charge in [0.25, 0.3) is 0 Å². The van der Waals surface area contributed by atoms with Crippen molar-refractivity contribution < 1.29 is 14.3 Å². The van der Waals surface area contributed by atoms with Crippen molar-refractivity contribution >= 4 is 11.9 Å². The van der Waals surface area contributed by atoms with Gasteiger partial charge in [0.05, 0.1) is 22.4 Å². The van der Waals surface area contributed by atoms with Gasteiger partial charge in [-0.05, 0) is 68.8 Å². The summed E-state index contributed by atoms with van der Waals surface area (Å²) in [5.41, 5.74) is 1.90. The number of carbonyl (C=O) groups excluding carboxylic acids is 2. The number of aromatic nitrogens is 6. The van der Waals surface area contributed by atoms with Gasteiger partial charge in [0.15, 0.2) is 5.82 Å². The molecular weight excluding hydrogens is 412 g/mol. The summed E-state index contributed by atoms with van der Waals surface area (Å²) in [5.74, 6) is 0.420. The predicted molar refractivity (Wildman–Crippen MR) is 111 cm³/mol. The first-order valence-electron chi connectivity index (χ1n) is 11.0. The minimum atomic E-state index is -0.317. The molecule has 5 rings (SSSR count). The van der Waals surface area contributed by atoms with Crippen molar-refractivity contribution in [1.82, 2.24) is 40.2 Å². The largest absolute Gasteiger partial charge is 0.456 e. The summed E-state index contributed by atoms with van der Waals surface area (Å²) in [6, 6.07) is 4.10. The van der Waals surface area contributed by atoms with Crippen LogP contribution in [0.5, 0.6) is 0 Å². The number of piperidine rings is 1. The molecule has 5 heterocycles. The fraction of sp³-hybridized carbons (Fsp3) is 0.571. The standard InChI is InChI=1S/C21H26N8O3/c1-14(11-16-3-4-18(24-23-16)29-13-22-25-26-29)27-8-5-21(6-9-27)7-10-28(20(21)31)17-12-32-19(30)15(17)2/h3-4,13-14H,5-12H2,1-2H3. The monoisotopic (exact) mass is 438 g/mol. The number of ether oxygens (including phenoxy) is 1. The van der Waals surface area contributed by atoms with Crippen LogP contribution in [0.1, 0.15) is 38.8 Å². The molecule has 2 aromatic heterocycles. The zero-order chi connectivity index (χ0) is 22.3. The molecule has 0 N–H and O–H groups in total. The molecule has 2 aromatic rings. The normalized spacial score (nSPS) is 22.1. The Kier molecular flexibility index (Phi) is 5.20. The van der Waals surface area contributed by atoms with Gasteiger partial charge < -0.3 is 14.5 Å². The minimum absolute atomic E-state index is 0.154. The van der Waals surface area contributed by atoms with E-state index in [2.05, 4.69) is 37.5 Å². The van der Waals surface area contributed by atoms with Crippen LogP contribution in [0, 0.1) is 5.41 Å². The maximum Gasteiger partial charge on any atom is 0.336 e. The quantitative estimate of drug-likeness (QED) is 0.616. The van der Waals surface area contributed by atoms with Crippen LogP contribution in [-0.2, 0) is 20.7 Å². The van der Waals surface area contributed by atoms with Crippen LogP contribution in [0.3, 0.4) is 0 Å². The van der Waals surface area contributed by atoms with Gasteiger partial charge >= 0.3 is 5.97 Å². The molecule has 1 unspecified atom stereocenters. The molecule has 3 aliphatic rings. The van der Waals surface area contributed by atoms with Gasteiger partial charge in [-0.2, -0.15) is 9.78 Å². The number of likely N-dealkylation sites (tertiary alicyclic amines) is 2. The second-order valence-corrected chi connectivity index (χ2v) is 8.86. The van der Waals surface area contributed by atoms with E-state index in [1.165, 1.54) is 11.0 Å².